The monoisotopic (exact) mass is 282 g/mol. The summed E-state index contributed by atoms with van der Waals surface area (Å²) in [6, 6.07) is -0.784. The molecule has 1 saturated carbocycles. The summed E-state index contributed by atoms with van der Waals surface area (Å²) in [4.78, 5) is 24.4. The smallest absolute Gasteiger partial charge is 0.327 e. The number of rotatable bonds is 4. The Labute approximate surface area is 120 Å². The van der Waals surface area contributed by atoms with Crippen molar-refractivity contribution >= 4 is 11.9 Å². The van der Waals surface area contributed by atoms with Crippen molar-refractivity contribution in [3.63, 3.8) is 0 Å². The minimum atomic E-state index is -0.946. The van der Waals surface area contributed by atoms with E-state index < -0.39 is 12.0 Å². The maximum Gasteiger partial charge on any atom is 0.327 e. The quantitative estimate of drug-likeness (QED) is 0.822. The van der Waals surface area contributed by atoms with Gasteiger partial charge in [-0.3, -0.25) is 4.79 Å². The Hall–Kier alpha value is -1.10. The van der Waals surface area contributed by atoms with Crippen LogP contribution in [-0.2, 0) is 9.59 Å². The summed E-state index contributed by atoms with van der Waals surface area (Å²) in [6.07, 6.45) is 9.12. The van der Waals surface area contributed by atoms with Crippen LogP contribution in [0.5, 0.6) is 0 Å². The van der Waals surface area contributed by atoms with Gasteiger partial charge in [-0.2, -0.15) is 0 Å². The van der Waals surface area contributed by atoms with Crippen LogP contribution in [0.2, 0.25) is 0 Å². The lowest BCUT2D eigenvalue weighted by Gasteiger charge is -2.44. The molecule has 5 nitrogen and oxygen atoms in total. The van der Waals surface area contributed by atoms with Gasteiger partial charge in [0, 0.05) is 13.5 Å². The second-order valence-electron chi connectivity index (χ2n) is 6.45. The molecule has 1 atom stereocenters. The van der Waals surface area contributed by atoms with E-state index in [1.165, 1.54) is 51.9 Å². The Kier molecular flexibility index (Phi) is 5.02. The van der Waals surface area contributed by atoms with Crippen molar-refractivity contribution in [1.82, 2.24) is 10.2 Å². The zero-order chi connectivity index (χ0) is 14.6. The number of hydrogen-bond acceptors (Lipinski definition) is 3. The minimum Gasteiger partial charge on any atom is -0.480 e. The number of carboxylic acids is 1. The summed E-state index contributed by atoms with van der Waals surface area (Å²) in [5, 5.41) is 11.7. The van der Waals surface area contributed by atoms with Crippen LogP contribution in [0, 0.1) is 5.41 Å². The van der Waals surface area contributed by atoms with E-state index in [1.54, 1.807) is 0 Å². The first-order valence-corrected chi connectivity index (χ1v) is 7.73. The fourth-order valence-corrected chi connectivity index (χ4v) is 3.70. The summed E-state index contributed by atoms with van der Waals surface area (Å²) in [5.74, 6) is -1.23. The maximum absolute atomic E-state index is 11.2. The van der Waals surface area contributed by atoms with E-state index in [9.17, 15) is 9.59 Å². The number of carboxylic acid groups (broad SMARTS) is 1. The van der Waals surface area contributed by atoms with Crippen LogP contribution >= 0.6 is 0 Å². The first kappa shape index (κ1) is 15.3. The highest BCUT2D eigenvalue weighted by Crippen LogP contribution is 2.44. The number of hydrogen-bond donors (Lipinski definition) is 2. The molecule has 20 heavy (non-hydrogen) atoms. The summed E-state index contributed by atoms with van der Waals surface area (Å²) in [7, 11) is 0. The van der Waals surface area contributed by atoms with Crippen LogP contribution in [0.3, 0.4) is 0 Å². The second kappa shape index (κ2) is 6.57. The maximum atomic E-state index is 11.2. The van der Waals surface area contributed by atoms with Gasteiger partial charge in [-0.05, 0) is 44.2 Å². The number of piperidine rings is 1. The number of carbonyl (C=O) groups is 2. The molecule has 1 aliphatic carbocycles. The molecule has 2 aliphatic rings. The molecule has 0 aromatic carbocycles. The lowest BCUT2D eigenvalue weighted by Crippen LogP contribution is -2.51. The van der Waals surface area contributed by atoms with Gasteiger partial charge in [0.2, 0.25) is 5.91 Å². The fourth-order valence-electron chi connectivity index (χ4n) is 3.70. The minimum absolute atomic E-state index is 0.279. The van der Waals surface area contributed by atoms with Gasteiger partial charge < -0.3 is 15.3 Å². The van der Waals surface area contributed by atoms with Gasteiger partial charge in [-0.1, -0.05) is 19.3 Å². The number of carbonyl (C=O) groups excluding carboxylic acids is 1. The molecule has 0 aromatic heterocycles. The molecule has 0 aromatic rings. The molecule has 114 valence electrons. The van der Waals surface area contributed by atoms with E-state index in [2.05, 4.69) is 10.2 Å². The molecule has 1 heterocycles. The molecule has 1 unspecified atom stereocenters. The van der Waals surface area contributed by atoms with Crippen LogP contribution in [0.25, 0.3) is 0 Å². The zero-order valence-corrected chi connectivity index (χ0v) is 12.4. The van der Waals surface area contributed by atoms with Crippen molar-refractivity contribution in [3.05, 3.63) is 0 Å². The van der Waals surface area contributed by atoms with Crippen LogP contribution < -0.4 is 5.32 Å². The van der Waals surface area contributed by atoms with Crippen molar-refractivity contribution in [2.24, 2.45) is 5.41 Å². The van der Waals surface area contributed by atoms with Crippen LogP contribution in [0.1, 0.15) is 51.9 Å². The van der Waals surface area contributed by atoms with Gasteiger partial charge in [0.25, 0.3) is 0 Å². The van der Waals surface area contributed by atoms with Crippen molar-refractivity contribution in [2.45, 2.75) is 57.9 Å². The lowest BCUT2D eigenvalue weighted by molar-refractivity contribution is -0.142. The molecular formula is C15H26N2O3. The van der Waals surface area contributed by atoms with E-state index in [0.29, 0.717) is 12.0 Å². The highest BCUT2D eigenvalue weighted by molar-refractivity contribution is 5.82. The zero-order valence-electron chi connectivity index (χ0n) is 12.4. The Bertz CT molecular complexity index is 354. The number of amides is 1. The SMILES string of the molecule is CC(=O)NC(CN1CCC2(CCCCC2)CC1)C(=O)O. The first-order valence-electron chi connectivity index (χ1n) is 7.73. The molecule has 2 N–H and O–H groups in total. The van der Waals surface area contributed by atoms with Crippen molar-refractivity contribution in [3.8, 4) is 0 Å². The Morgan fingerprint density at radius 1 is 1.15 bits per heavy atom. The van der Waals surface area contributed by atoms with E-state index in [4.69, 9.17) is 5.11 Å². The average Bonchev–Trinajstić information content (AvgIpc) is 2.41. The summed E-state index contributed by atoms with van der Waals surface area (Å²) >= 11 is 0. The molecule has 2 rings (SSSR count). The predicted octanol–water partition coefficient (Wildman–Crippen LogP) is 1.62. The lowest BCUT2D eigenvalue weighted by atomic mass is 9.68. The van der Waals surface area contributed by atoms with Gasteiger partial charge in [0.1, 0.15) is 6.04 Å². The molecule has 2 fully saturated rings. The third-order valence-corrected chi connectivity index (χ3v) is 4.95. The third-order valence-electron chi connectivity index (χ3n) is 4.95. The highest BCUT2D eigenvalue weighted by Gasteiger charge is 2.36. The molecule has 0 radical (unpaired) electrons. The summed E-state index contributed by atoms with van der Waals surface area (Å²) in [5.41, 5.74) is 0.529. The molecule has 0 bridgehead atoms. The Morgan fingerprint density at radius 3 is 2.25 bits per heavy atom. The molecule has 1 saturated heterocycles. The van der Waals surface area contributed by atoms with Crippen molar-refractivity contribution in [1.29, 1.82) is 0 Å². The first-order chi connectivity index (χ1) is 9.51. The summed E-state index contributed by atoms with van der Waals surface area (Å²) < 4.78 is 0. The highest BCUT2D eigenvalue weighted by atomic mass is 16.4. The van der Waals surface area contributed by atoms with Crippen LogP contribution in [0.4, 0.5) is 0 Å². The standard InChI is InChI=1S/C15H26N2O3/c1-12(18)16-13(14(19)20)11-17-9-7-15(8-10-17)5-3-2-4-6-15/h13H,2-11H2,1H3,(H,16,18)(H,19,20). The van der Waals surface area contributed by atoms with Gasteiger partial charge in [0.05, 0.1) is 0 Å². The number of nitrogens with one attached hydrogen (secondary N) is 1. The largest absolute Gasteiger partial charge is 0.480 e. The normalized spacial score (nSPS) is 24.2. The van der Waals surface area contributed by atoms with E-state index in [-0.39, 0.29) is 5.91 Å². The van der Waals surface area contributed by atoms with Crippen molar-refractivity contribution in [2.75, 3.05) is 19.6 Å². The molecule has 1 aliphatic heterocycles. The number of nitrogens with zero attached hydrogens (tertiary/aromatic N) is 1. The molecule has 1 spiro atoms. The molecule has 1 amide bonds. The predicted molar refractivity (Wildman–Crippen MR) is 76.4 cm³/mol. The Morgan fingerprint density at radius 2 is 1.75 bits per heavy atom. The topological polar surface area (TPSA) is 69.6 Å². The van der Waals surface area contributed by atoms with Gasteiger partial charge >= 0.3 is 5.97 Å². The van der Waals surface area contributed by atoms with Gasteiger partial charge in [0.15, 0.2) is 0 Å². The van der Waals surface area contributed by atoms with Crippen molar-refractivity contribution < 1.29 is 14.7 Å². The Balaban J connectivity index is 1.83. The van der Waals surface area contributed by atoms with Gasteiger partial charge in [-0.25, -0.2) is 4.79 Å². The summed E-state index contributed by atoms with van der Waals surface area (Å²) in [6.45, 7) is 3.71. The number of likely N-dealkylation sites (tertiary alicyclic amines) is 1. The van der Waals surface area contributed by atoms with Crippen LogP contribution in [-0.4, -0.2) is 47.6 Å². The second-order valence-corrected chi connectivity index (χ2v) is 6.45. The number of aliphatic carboxylic acids is 1. The fraction of sp³-hybridized carbons (Fsp3) is 0.867. The average molecular weight is 282 g/mol. The van der Waals surface area contributed by atoms with Crippen LogP contribution in [0.15, 0.2) is 0 Å². The van der Waals surface area contributed by atoms with E-state index in [1.807, 2.05) is 0 Å². The van der Waals surface area contributed by atoms with E-state index in [0.717, 1.165) is 13.1 Å². The van der Waals surface area contributed by atoms with E-state index >= 15 is 0 Å². The molecular weight excluding hydrogens is 256 g/mol. The molecule has 5 heteroatoms. The van der Waals surface area contributed by atoms with Gasteiger partial charge in [-0.15, -0.1) is 0 Å². The third kappa shape index (κ3) is 3.95.